The molecule has 0 radical (unpaired) electrons. The van der Waals surface area contributed by atoms with Crippen LogP contribution in [0.3, 0.4) is 0 Å². The largest absolute Gasteiger partial charge is 0.352 e. The van der Waals surface area contributed by atoms with Crippen molar-refractivity contribution in [1.29, 1.82) is 0 Å². The van der Waals surface area contributed by atoms with Crippen LogP contribution in [0.25, 0.3) is 27.4 Å². The second kappa shape index (κ2) is 8.32. The maximum atomic E-state index is 14.5. The lowest BCUT2D eigenvalue weighted by atomic mass is 10.0. The van der Waals surface area contributed by atoms with Crippen LogP contribution in [0.2, 0.25) is 0 Å². The molecule has 1 aliphatic heterocycles. The van der Waals surface area contributed by atoms with E-state index >= 15 is 0 Å². The number of aryl methyl sites for hydroxylation is 1. The van der Waals surface area contributed by atoms with E-state index in [-0.39, 0.29) is 17.3 Å². The molecule has 0 bridgehead atoms. The average Bonchev–Trinajstić information content (AvgIpc) is 2.77. The Labute approximate surface area is 180 Å². The number of nitrogens with zero attached hydrogens (tertiary/aromatic N) is 4. The Balaban J connectivity index is 1.95. The third-order valence-electron chi connectivity index (χ3n) is 5.78. The number of aromatic nitrogens is 2. The van der Waals surface area contributed by atoms with Gasteiger partial charge in [-0.2, -0.15) is 0 Å². The predicted octanol–water partition coefficient (Wildman–Crippen LogP) is 4.04. The first kappa shape index (κ1) is 20.8. The molecular weight excluding hydrogens is 393 g/mol. The van der Waals surface area contributed by atoms with Gasteiger partial charge in [-0.25, -0.2) is 14.2 Å². The van der Waals surface area contributed by atoms with E-state index in [1.807, 2.05) is 36.1 Å². The summed E-state index contributed by atoms with van der Waals surface area (Å²) in [6.07, 6.45) is 1.57. The molecule has 1 fully saturated rings. The van der Waals surface area contributed by atoms with Crippen molar-refractivity contribution in [3.63, 3.8) is 0 Å². The zero-order valence-electron chi connectivity index (χ0n) is 17.6. The highest BCUT2D eigenvalue weighted by molar-refractivity contribution is 5.80. The standard InChI is InChI=1S/C24H24FN5O/c1-15-4-6-16(7-5-15)22-21(17-8-9-20(27-2)19(25)14-17)28-23(24(31)29(22)3)30-12-10-18(26)11-13-30/h4-9,14,18H,10-13,26H2,1,3H3. The van der Waals surface area contributed by atoms with Crippen molar-refractivity contribution in [2.24, 2.45) is 12.8 Å². The fourth-order valence-corrected chi connectivity index (χ4v) is 3.92. The smallest absolute Gasteiger partial charge is 0.293 e. The number of halogens is 1. The van der Waals surface area contributed by atoms with Crippen LogP contribution in [0.5, 0.6) is 0 Å². The van der Waals surface area contributed by atoms with Gasteiger partial charge in [0.15, 0.2) is 5.82 Å². The van der Waals surface area contributed by atoms with Gasteiger partial charge in [0.2, 0.25) is 5.69 Å². The topological polar surface area (TPSA) is 68.5 Å². The third kappa shape index (κ3) is 3.94. The van der Waals surface area contributed by atoms with Gasteiger partial charge in [0.25, 0.3) is 5.56 Å². The van der Waals surface area contributed by atoms with Gasteiger partial charge < -0.3 is 15.2 Å². The average molecular weight is 417 g/mol. The third-order valence-corrected chi connectivity index (χ3v) is 5.78. The monoisotopic (exact) mass is 417 g/mol. The van der Waals surface area contributed by atoms with Crippen LogP contribution in [0, 0.1) is 19.3 Å². The minimum atomic E-state index is -0.608. The molecule has 1 aliphatic rings. The molecule has 6 nitrogen and oxygen atoms in total. The van der Waals surface area contributed by atoms with E-state index in [1.165, 1.54) is 12.1 Å². The lowest BCUT2D eigenvalue weighted by Crippen LogP contribution is -2.43. The Hall–Kier alpha value is -3.50. The molecule has 1 aromatic heterocycles. The minimum absolute atomic E-state index is 0.0457. The first-order valence-corrected chi connectivity index (χ1v) is 10.2. The normalized spacial score (nSPS) is 14.5. The van der Waals surface area contributed by atoms with Crippen molar-refractivity contribution in [2.75, 3.05) is 18.0 Å². The van der Waals surface area contributed by atoms with Crippen molar-refractivity contribution < 1.29 is 4.39 Å². The highest BCUT2D eigenvalue weighted by Gasteiger charge is 2.24. The van der Waals surface area contributed by atoms with Crippen LogP contribution in [0.15, 0.2) is 47.3 Å². The SMILES string of the molecule is [C-]#[N+]c1ccc(-c2nc(N3CCC(N)CC3)c(=O)n(C)c2-c2ccc(C)cc2)cc1F. The Morgan fingerprint density at radius 3 is 2.39 bits per heavy atom. The summed E-state index contributed by atoms with van der Waals surface area (Å²) < 4.78 is 16.0. The minimum Gasteiger partial charge on any atom is -0.352 e. The van der Waals surface area contributed by atoms with Gasteiger partial charge in [-0.05, 0) is 25.8 Å². The molecule has 2 N–H and O–H groups in total. The van der Waals surface area contributed by atoms with Gasteiger partial charge >= 0.3 is 0 Å². The van der Waals surface area contributed by atoms with Crippen molar-refractivity contribution in [1.82, 2.24) is 9.55 Å². The van der Waals surface area contributed by atoms with E-state index in [0.29, 0.717) is 35.9 Å². The summed E-state index contributed by atoms with van der Waals surface area (Å²) in [6, 6.07) is 12.4. The van der Waals surface area contributed by atoms with Crippen LogP contribution in [-0.2, 0) is 7.05 Å². The van der Waals surface area contributed by atoms with E-state index in [0.717, 1.165) is 24.0 Å². The predicted molar refractivity (Wildman–Crippen MR) is 121 cm³/mol. The van der Waals surface area contributed by atoms with Crippen LogP contribution in [0.1, 0.15) is 18.4 Å². The van der Waals surface area contributed by atoms with E-state index in [2.05, 4.69) is 4.85 Å². The van der Waals surface area contributed by atoms with Crippen LogP contribution < -0.4 is 16.2 Å². The number of rotatable bonds is 3. The van der Waals surface area contributed by atoms with Crippen molar-refractivity contribution in [3.8, 4) is 22.5 Å². The molecule has 0 amide bonds. The molecule has 3 aromatic rings. The van der Waals surface area contributed by atoms with Crippen LogP contribution >= 0.6 is 0 Å². The number of hydrogen-bond donors (Lipinski definition) is 1. The van der Waals surface area contributed by atoms with E-state index in [9.17, 15) is 9.18 Å². The molecule has 0 unspecified atom stereocenters. The van der Waals surface area contributed by atoms with Gasteiger partial charge in [-0.3, -0.25) is 4.79 Å². The van der Waals surface area contributed by atoms with Gasteiger partial charge in [-0.15, -0.1) is 0 Å². The molecule has 31 heavy (non-hydrogen) atoms. The van der Waals surface area contributed by atoms with E-state index in [1.54, 1.807) is 17.7 Å². The summed E-state index contributed by atoms with van der Waals surface area (Å²) >= 11 is 0. The Kier molecular flexibility index (Phi) is 5.57. The molecule has 0 saturated carbocycles. The fourth-order valence-electron chi connectivity index (χ4n) is 3.92. The molecule has 1 saturated heterocycles. The fraction of sp³-hybridized carbons (Fsp3) is 0.292. The van der Waals surface area contributed by atoms with Gasteiger partial charge in [0.1, 0.15) is 5.82 Å². The molecule has 0 atom stereocenters. The summed E-state index contributed by atoms with van der Waals surface area (Å²) in [6.45, 7) is 10.4. The summed E-state index contributed by atoms with van der Waals surface area (Å²) in [5.74, 6) is -0.265. The molecule has 0 spiro atoms. The Morgan fingerprint density at radius 1 is 1.13 bits per heavy atom. The molecule has 4 rings (SSSR count). The first-order chi connectivity index (χ1) is 14.9. The zero-order chi connectivity index (χ0) is 22.1. The second-order valence-corrected chi connectivity index (χ2v) is 7.97. The van der Waals surface area contributed by atoms with Crippen LogP contribution in [0.4, 0.5) is 15.9 Å². The quantitative estimate of drug-likeness (QED) is 0.653. The number of hydrogen-bond acceptors (Lipinski definition) is 4. The van der Waals surface area contributed by atoms with Crippen molar-refractivity contribution in [2.45, 2.75) is 25.8 Å². The lowest BCUT2D eigenvalue weighted by molar-refractivity contribution is 0.496. The highest BCUT2D eigenvalue weighted by atomic mass is 19.1. The first-order valence-electron chi connectivity index (χ1n) is 10.2. The van der Waals surface area contributed by atoms with Gasteiger partial charge in [0.05, 0.1) is 18.0 Å². The van der Waals surface area contributed by atoms with Crippen LogP contribution in [-0.4, -0.2) is 28.7 Å². The molecule has 7 heteroatoms. The molecule has 2 aromatic carbocycles. The van der Waals surface area contributed by atoms with E-state index in [4.69, 9.17) is 17.3 Å². The number of nitrogens with two attached hydrogens (primary N) is 1. The second-order valence-electron chi connectivity index (χ2n) is 7.97. The molecular formula is C24H24FN5O. The summed E-state index contributed by atoms with van der Waals surface area (Å²) in [4.78, 5) is 23.2. The van der Waals surface area contributed by atoms with Crippen molar-refractivity contribution in [3.05, 3.63) is 75.6 Å². The molecule has 0 aliphatic carbocycles. The van der Waals surface area contributed by atoms with E-state index < -0.39 is 5.82 Å². The summed E-state index contributed by atoms with van der Waals surface area (Å²) in [5.41, 5.74) is 9.32. The molecule has 158 valence electrons. The van der Waals surface area contributed by atoms with Gasteiger partial charge in [-0.1, -0.05) is 42.0 Å². The lowest BCUT2D eigenvalue weighted by Gasteiger charge is -2.31. The Morgan fingerprint density at radius 2 is 1.77 bits per heavy atom. The zero-order valence-corrected chi connectivity index (χ0v) is 17.6. The van der Waals surface area contributed by atoms with Crippen molar-refractivity contribution >= 4 is 11.5 Å². The highest BCUT2D eigenvalue weighted by Crippen LogP contribution is 2.33. The maximum absolute atomic E-state index is 14.5. The number of benzene rings is 2. The van der Waals surface area contributed by atoms with Gasteiger partial charge in [0, 0.05) is 37.3 Å². The maximum Gasteiger partial charge on any atom is 0.293 e. The molecule has 2 heterocycles. The number of piperidine rings is 1. The Bertz CT molecular complexity index is 1220. The summed E-state index contributed by atoms with van der Waals surface area (Å²) in [7, 11) is 1.71. The summed E-state index contributed by atoms with van der Waals surface area (Å²) in [5, 5.41) is 0. The number of anilines is 1.